The summed E-state index contributed by atoms with van der Waals surface area (Å²) < 4.78 is 5.80. The van der Waals surface area contributed by atoms with Crippen LogP contribution in [0.1, 0.15) is 39.9 Å². The summed E-state index contributed by atoms with van der Waals surface area (Å²) in [6, 6.07) is 11.3. The molecule has 0 bridgehead atoms. The summed E-state index contributed by atoms with van der Waals surface area (Å²) in [7, 11) is 0. The quantitative estimate of drug-likeness (QED) is 0.723. The molecule has 3 aliphatic rings. The van der Waals surface area contributed by atoms with E-state index in [1.807, 2.05) is 36.4 Å². The third-order valence-electron chi connectivity index (χ3n) is 6.19. The fourth-order valence-corrected chi connectivity index (χ4v) is 4.53. The van der Waals surface area contributed by atoms with Gasteiger partial charge in [0.2, 0.25) is 11.8 Å². The SMILES string of the molecule is NCc1ccc2c(c1)OCCN2Cc1ccc2c(c1)C(=O)N(C1CCC(=O)NC1=O)C2. The van der Waals surface area contributed by atoms with Gasteiger partial charge >= 0.3 is 0 Å². The Morgan fingerprint density at radius 2 is 1.94 bits per heavy atom. The van der Waals surface area contributed by atoms with Gasteiger partial charge in [0.15, 0.2) is 0 Å². The van der Waals surface area contributed by atoms with Crippen molar-refractivity contribution in [2.75, 3.05) is 18.1 Å². The van der Waals surface area contributed by atoms with Gasteiger partial charge in [-0.1, -0.05) is 18.2 Å². The van der Waals surface area contributed by atoms with Crippen molar-refractivity contribution in [2.24, 2.45) is 5.73 Å². The van der Waals surface area contributed by atoms with E-state index in [2.05, 4.69) is 10.2 Å². The highest BCUT2D eigenvalue weighted by Gasteiger charge is 2.39. The van der Waals surface area contributed by atoms with E-state index in [-0.39, 0.29) is 24.1 Å². The lowest BCUT2D eigenvalue weighted by Gasteiger charge is -2.31. The van der Waals surface area contributed by atoms with Gasteiger partial charge in [0.05, 0.1) is 12.2 Å². The summed E-state index contributed by atoms with van der Waals surface area (Å²) in [5.74, 6) is 0.00765. The molecule has 2 aromatic carbocycles. The number of hydrogen-bond donors (Lipinski definition) is 2. The van der Waals surface area contributed by atoms with Crippen molar-refractivity contribution in [3.05, 3.63) is 58.7 Å². The normalized spacial score (nSPS) is 20.3. The Morgan fingerprint density at radius 3 is 2.74 bits per heavy atom. The lowest BCUT2D eigenvalue weighted by molar-refractivity contribution is -0.136. The van der Waals surface area contributed by atoms with Crippen LogP contribution in [0.2, 0.25) is 0 Å². The molecule has 3 amide bonds. The smallest absolute Gasteiger partial charge is 0.255 e. The molecular formula is C23H24N4O4. The summed E-state index contributed by atoms with van der Waals surface area (Å²) in [4.78, 5) is 40.5. The number of nitrogens with one attached hydrogen (secondary N) is 1. The summed E-state index contributed by atoms with van der Waals surface area (Å²) in [5, 5.41) is 2.34. The standard InChI is InChI=1S/C23H24N4O4/c24-11-14-2-4-18-20(10-14)31-8-7-26(18)12-15-1-3-16-13-27(23(30)17(16)9-15)19-5-6-21(28)25-22(19)29/h1-4,9-10,19H,5-8,11-13,24H2,(H,25,28,29). The van der Waals surface area contributed by atoms with Crippen molar-refractivity contribution in [2.45, 2.75) is 38.5 Å². The third kappa shape index (κ3) is 3.53. The molecule has 0 aromatic heterocycles. The molecule has 1 unspecified atom stereocenters. The van der Waals surface area contributed by atoms with Gasteiger partial charge in [-0.25, -0.2) is 0 Å². The van der Waals surface area contributed by atoms with Crippen LogP contribution in [0.25, 0.3) is 0 Å². The number of piperidine rings is 1. The average molecular weight is 420 g/mol. The van der Waals surface area contributed by atoms with Crippen molar-refractivity contribution in [3.63, 3.8) is 0 Å². The van der Waals surface area contributed by atoms with Crippen LogP contribution >= 0.6 is 0 Å². The van der Waals surface area contributed by atoms with Crippen LogP contribution in [0.15, 0.2) is 36.4 Å². The van der Waals surface area contributed by atoms with E-state index >= 15 is 0 Å². The molecule has 1 saturated heterocycles. The van der Waals surface area contributed by atoms with Crippen molar-refractivity contribution in [3.8, 4) is 5.75 Å². The molecule has 160 valence electrons. The number of nitrogens with zero attached hydrogens (tertiary/aromatic N) is 2. The number of anilines is 1. The zero-order valence-electron chi connectivity index (χ0n) is 17.1. The van der Waals surface area contributed by atoms with Gasteiger partial charge in [0.25, 0.3) is 5.91 Å². The lowest BCUT2D eigenvalue weighted by Crippen LogP contribution is -2.52. The molecule has 31 heavy (non-hydrogen) atoms. The van der Waals surface area contributed by atoms with Gasteiger partial charge in [-0.05, 0) is 41.3 Å². The second-order valence-electron chi connectivity index (χ2n) is 8.17. The fraction of sp³-hybridized carbons (Fsp3) is 0.348. The molecule has 0 radical (unpaired) electrons. The fourth-order valence-electron chi connectivity index (χ4n) is 4.53. The van der Waals surface area contributed by atoms with Crippen LogP contribution in [0.5, 0.6) is 5.75 Å². The maximum Gasteiger partial charge on any atom is 0.255 e. The minimum absolute atomic E-state index is 0.152. The van der Waals surface area contributed by atoms with E-state index in [0.29, 0.717) is 38.2 Å². The molecule has 3 heterocycles. The molecule has 8 heteroatoms. The highest BCUT2D eigenvalue weighted by molar-refractivity contribution is 6.05. The summed E-state index contributed by atoms with van der Waals surface area (Å²) in [6.07, 6.45) is 0.622. The molecule has 3 aliphatic heterocycles. The van der Waals surface area contributed by atoms with E-state index in [9.17, 15) is 14.4 Å². The van der Waals surface area contributed by atoms with Gasteiger partial charge in [0, 0.05) is 31.6 Å². The number of rotatable bonds is 4. The largest absolute Gasteiger partial charge is 0.490 e. The third-order valence-corrected chi connectivity index (χ3v) is 6.19. The van der Waals surface area contributed by atoms with E-state index in [1.54, 1.807) is 4.90 Å². The predicted molar refractivity (Wildman–Crippen MR) is 113 cm³/mol. The van der Waals surface area contributed by atoms with E-state index in [1.165, 1.54) is 0 Å². The van der Waals surface area contributed by atoms with Crippen molar-refractivity contribution in [1.29, 1.82) is 0 Å². The van der Waals surface area contributed by atoms with E-state index in [4.69, 9.17) is 10.5 Å². The zero-order valence-corrected chi connectivity index (χ0v) is 17.1. The van der Waals surface area contributed by atoms with Crippen molar-refractivity contribution >= 4 is 23.4 Å². The summed E-state index contributed by atoms with van der Waals surface area (Å²) >= 11 is 0. The lowest BCUT2D eigenvalue weighted by atomic mass is 10.0. The monoisotopic (exact) mass is 420 g/mol. The van der Waals surface area contributed by atoms with Gasteiger partial charge in [-0.3, -0.25) is 19.7 Å². The number of imide groups is 1. The first kappa shape index (κ1) is 19.6. The molecule has 0 spiro atoms. The first-order valence-electron chi connectivity index (χ1n) is 10.5. The minimum atomic E-state index is -0.594. The molecule has 0 aliphatic carbocycles. The molecule has 0 saturated carbocycles. The number of carbonyl (C=O) groups is 3. The van der Waals surface area contributed by atoms with Gasteiger partial charge in [-0.2, -0.15) is 0 Å². The highest BCUT2D eigenvalue weighted by atomic mass is 16.5. The van der Waals surface area contributed by atoms with Crippen molar-refractivity contribution < 1.29 is 19.1 Å². The first-order chi connectivity index (χ1) is 15.0. The number of hydrogen-bond acceptors (Lipinski definition) is 6. The number of amides is 3. The Labute approximate surface area is 179 Å². The zero-order chi connectivity index (χ0) is 21.5. The average Bonchev–Trinajstić information content (AvgIpc) is 3.09. The van der Waals surface area contributed by atoms with Crippen LogP contribution < -0.4 is 20.7 Å². The van der Waals surface area contributed by atoms with Gasteiger partial charge < -0.3 is 20.3 Å². The van der Waals surface area contributed by atoms with Crippen molar-refractivity contribution in [1.82, 2.24) is 10.2 Å². The maximum absolute atomic E-state index is 13.1. The maximum atomic E-state index is 13.1. The van der Waals surface area contributed by atoms with Gasteiger partial charge in [0.1, 0.15) is 18.4 Å². The Bertz CT molecular complexity index is 1080. The van der Waals surface area contributed by atoms with E-state index in [0.717, 1.165) is 34.7 Å². The van der Waals surface area contributed by atoms with Gasteiger partial charge in [-0.15, -0.1) is 0 Å². The molecule has 8 nitrogen and oxygen atoms in total. The predicted octanol–water partition coefficient (Wildman–Crippen LogP) is 1.31. The Balaban J connectivity index is 1.35. The number of benzene rings is 2. The highest BCUT2D eigenvalue weighted by Crippen LogP contribution is 2.34. The van der Waals surface area contributed by atoms with Crippen LogP contribution in [0.4, 0.5) is 5.69 Å². The second-order valence-corrected chi connectivity index (χ2v) is 8.17. The van der Waals surface area contributed by atoms with E-state index < -0.39 is 6.04 Å². The number of fused-ring (bicyclic) bond motifs is 2. The molecule has 3 N–H and O–H groups in total. The summed E-state index contributed by atoms with van der Waals surface area (Å²) in [6.45, 7) is 2.85. The summed E-state index contributed by atoms with van der Waals surface area (Å²) in [5.41, 5.74) is 10.3. The molecule has 1 atom stereocenters. The Kier molecular flexibility index (Phi) is 4.86. The number of carbonyl (C=O) groups excluding carboxylic acids is 3. The molecule has 2 aromatic rings. The molecular weight excluding hydrogens is 396 g/mol. The van der Waals surface area contributed by atoms with Crippen LogP contribution in [-0.2, 0) is 29.2 Å². The van der Waals surface area contributed by atoms with Crippen LogP contribution in [0.3, 0.4) is 0 Å². The first-order valence-corrected chi connectivity index (χ1v) is 10.5. The molecule has 5 rings (SSSR count). The van der Waals surface area contributed by atoms with Crippen LogP contribution in [-0.4, -0.2) is 41.8 Å². The van der Waals surface area contributed by atoms with Crippen LogP contribution in [0, 0.1) is 0 Å². The number of ether oxygens (including phenoxy) is 1. The number of nitrogens with two attached hydrogens (primary N) is 1. The Hall–Kier alpha value is -3.39. The molecule has 1 fully saturated rings. The second kappa shape index (κ2) is 7.70. The Morgan fingerprint density at radius 1 is 1.10 bits per heavy atom. The minimum Gasteiger partial charge on any atom is -0.490 e. The topological polar surface area (TPSA) is 105 Å².